The smallest absolute Gasteiger partial charge is 0.0630 e. The topological polar surface area (TPSA) is 32.3 Å². The Labute approximate surface area is 104 Å². The number of para-hydroxylation sites is 1. The van der Waals surface area contributed by atoms with Crippen LogP contribution in [0.5, 0.6) is 0 Å². The summed E-state index contributed by atoms with van der Waals surface area (Å²) in [6.45, 7) is 4.21. The summed E-state index contributed by atoms with van der Waals surface area (Å²) in [6.07, 6.45) is 0.675. The van der Waals surface area contributed by atoms with Crippen molar-refractivity contribution in [2.24, 2.45) is 5.41 Å². The van der Waals surface area contributed by atoms with Crippen LogP contribution < -0.4 is 5.32 Å². The average Bonchev–Trinajstić information content (AvgIpc) is 2.20. The third-order valence-corrected chi connectivity index (χ3v) is 4.36. The first kappa shape index (κ1) is 11.2. The van der Waals surface area contributed by atoms with E-state index in [2.05, 4.69) is 53.9 Å². The zero-order valence-corrected chi connectivity index (χ0v) is 11.2. The Morgan fingerprint density at radius 2 is 2.07 bits per heavy atom. The quantitative estimate of drug-likeness (QED) is 0.822. The second kappa shape index (κ2) is 3.94. The lowest BCUT2D eigenvalue weighted by molar-refractivity contribution is -0.0510. The van der Waals surface area contributed by atoms with Crippen molar-refractivity contribution in [1.82, 2.24) is 0 Å². The fraction of sp³-hybridized carbons (Fsp3) is 0.500. The van der Waals surface area contributed by atoms with Crippen molar-refractivity contribution in [3.63, 3.8) is 0 Å². The fourth-order valence-electron chi connectivity index (χ4n) is 1.91. The molecule has 2 atom stereocenters. The number of hydrogen-bond donors (Lipinski definition) is 2. The molecule has 1 aliphatic rings. The van der Waals surface area contributed by atoms with Crippen LogP contribution in [0.4, 0.5) is 5.69 Å². The predicted octanol–water partition coefficient (Wildman–Crippen LogP) is 2.86. The Hall–Kier alpha value is -0.290. The molecule has 1 aliphatic carbocycles. The molecule has 15 heavy (non-hydrogen) atoms. The molecule has 0 heterocycles. The summed E-state index contributed by atoms with van der Waals surface area (Å²) in [6, 6.07) is 8.62. The molecule has 1 aromatic rings. The highest BCUT2D eigenvalue weighted by Gasteiger charge is 2.47. The summed E-state index contributed by atoms with van der Waals surface area (Å²) in [5.74, 6) is 0. The van der Waals surface area contributed by atoms with Crippen LogP contribution >= 0.6 is 22.6 Å². The molecule has 2 rings (SSSR count). The summed E-state index contributed by atoms with van der Waals surface area (Å²) in [5.41, 5.74) is 1.15. The number of hydrogen-bond acceptors (Lipinski definition) is 2. The van der Waals surface area contributed by atoms with Crippen LogP contribution in [0.3, 0.4) is 0 Å². The minimum absolute atomic E-state index is 0.0150. The van der Waals surface area contributed by atoms with Gasteiger partial charge < -0.3 is 10.4 Å². The predicted molar refractivity (Wildman–Crippen MR) is 71.0 cm³/mol. The molecule has 0 saturated heterocycles. The maximum Gasteiger partial charge on any atom is 0.0630 e. The molecule has 2 nitrogen and oxygen atoms in total. The highest BCUT2D eigenvalue weighted by Crippen LogP contribution is 2.42. The molecule has 0 aliphatic heterocycles. The summed E-state index contributed by atoms with van der Waals surface area (Å²) in [7, 11) is 0. The minimum atomic E-state index is -0.170. The zero-order chi connectivity index (χ0) is 11.1. The van der Waals surface area contributed by atoms with Gasteiger partial charge in [-0.1, -0.05) is 26.0 Å². The third kappa shape index (κ3) is 1.99. The van der Waals surface area contributed by atoms with Crippen LogP contribution in [0.15, 0.2) is 24.3 Å². The van der Waals surface area contributed by atoms with E-state index in [1.807, 2.05) is 12.1 Å². The van der Waals surface area contributed by atoms with E-state index in [1.165, 1.54) is 9.26 Å². The molecule has 0 amide bonds. The van der Waals surface area contributed by atoms with E-state index >= 15 is 0 Å². The third-order valence-electron chi connectivity index (χ3n) is 3.42. The maximum absolute atomic E-state index is 9.65. The van der Waals surface area contributed by atoms with Gasteiger partial charge in [-0.2, -0.15) is 0 Å². The first-order chi connectivity index (χ1) is 7.01. The highest BCUT2D eigenvalue weighted by atomic mass is 127. The molecule has 0 radical (unpaired) electrons. The lowest BCUT2D eigenvalue weighted by Gasteiger charge is -2.50. The van der Waals surface area contributed by atoms with Crippen molar-refractivity contribution >= 4 is 28.3 Å². The Kier molecular flexibility index (Phi) is 2.94. The highest BCUT2D eigenvalue weighted by molar-refractivity contribution is 14.1. The van der Waals surface area contributed by atoms with Gasteiger partial charge in [-0.3, -0.25) is 0 Å². The SMILES string of the molecule is CC1(C)C(O)CC1Nc1ccccc1I. The largest absolute Gasteiger partial charge is 0.392 e. The van der Waals surface area contributed by atoms with Gasteiger partial charge in [-0.25, -0.2) is 0 Å². The monoisotopic (exact) mass is 317 g/mol. The number of benzene rings is 1. The van der Waals surface area contributed by atoms with E-state index in [4.69, 9.17) is 0 Å². The molecule has 0 bridgehead atoms. The van der Waals surface area contributed by atoms with Crippen LogP contribution in [-0.4, -0.2) is 17.3 Å². The van der Waals surface area contributed by atoms with Crippen LogP contribution in [0.2, 0.25) is 0 Å². The minimum Gasteiger partial charge on any atom is -0.392 e. The van der Waals surface area contributed by atoms with Gasteiger partial charge in [0, 0.05) is 20.7 Å². The van der Waals surface area contributed by atoms with Crippen molar-refractivity contribution in [2.45, 2.75) is 32.4 Å². The molecule has 2 unspecified atom stereocenters. The van der Waals surface area contributed by atoms with Gasteiger partial charge in [-0.15, -0.1) is 0 Å². The number of halogens is 1. The summed E-state index contributed by atoms with van der Waals surface area (Å²) < 4.78 is 1.23. The molecule has 2 N–H and O–H groups in total. The van der Waals surface area contributed by atoms with Gasteiger partial charge in [0.2, 0.25) is 0 Å². The van der Waals surface area contributed by atoms with Crippen LogP contribution in [-0.2, 0) is 0 Å². The zero-order valence-electron chi connectivity index (χ0n) is 9.00. The van der Waals surface area contributed by atoms with E-state index in [9.17, 15) is 5.11 Å². The fourth-order valence-corrected chi connectivity index (χ4v) is 2.46. The van der Waals surface area contributed by atoms with E-state index in [-0.39, 0.29) is 11.5 Å². The van der Waals surface area contributed by atoms with Crippen LogP contribution in [0, 0.1) is 8.99 Å². The summed E-state index contributed by atoms with van der Waals surface area (Å²) >= 11 is 2.33. The van der Waals surface area contributed by atoms with Gasteiger partial charge >= 0.3 is 0 Å². The number of anilines is 1. The van der Waals surface area contributed by atoms with E-state index in [0.29, 0.717) is 6.04 Å². The Bertz CT molecular complexity index is 364. The van der Waals surface area contributed by atoms with Crippen molar-refractivity contribution in [2.75, 3.05) is 5.32 Å². The van der Waals surface area contributed by atoms with Crippen molar-refractivity contribution < 1.29 is 5.11 Å². The molecule has 1 saturated carbocycles. The van der Waals surface area contributed by atoms with Gasteiger partial charge in [-0.05, 0) is 41.1 Å². The number of rotatable bonds is 2. The van der Waals surface area contributed by atoms with E-state index in [0.717, 1.165) is 6.42 Å². The van der Waals surface area contributed by atoms with Gasteiger partial charge in [0.15, 0.2) is 0 Å². The van der Waals surface area contributed by atoms with Gasteiger partial charge in [0.25, 0.3) is 0 Å². The lowest BCUT2D eigenvalue weighted by atomic mass is 9.64. The standard InChI is InChI=1S/C12H16INO/c1-12(2)10(7-11(12)15)14-9-6-4-3-5-8(9)13/h3-6,10-11,14-15H,7H2,1-2H3. The normalized spacial score (nSPS) is 28.3. The Balaban J connectivity index is 2.08. The molecule has 0 aromatic heterocycles. The Morgan fingerprint density at radius 3 is 2.60 bits per heavy atom. The summed E-state index contributed by atoms with van der Waals surface area (Å²) in [5, 5.41) is 13.2. The number of nitrogens with one attached hydrogen (secondary N) is 1. The first-order valence-corrected chi connectivity index (χ1v) is 6.29. The molecular weight excluding hydrogens is 301 g/mol. The van der Waals surface area contributed by atoms with Crippen LogP contribution in [0.25, 0.3) is 0 Å². The average molecular weight is 317 g/mol. The molecule has 82 valence electrons. The van der Waals surface area contributed by atoms with Crippen molar-refractivity contribution in [1.29, 1.82) is 0 Å². The van der Waals surface area contributed by atoms with Crippen molar-refractivity contribution in [3.8, 4) is 0 Å². The molecule has 0 spiro atoms. The number of aliphatic hydroxyl groups excluding tert-OH is 1. The van der Waals surface area contributed by atoms with Gasteiger partial charge in [0.1, 0.15) is 0 Å². The lowest BCUT2D eigenvalue weighted by Crippen LogP contribution is -2.56. The maximum atomic E-state index is 9.65. The van der Waals surface area contributed by atoms with Gasteiger partial charge in [0.05, 0.1) is 6.10 Å². The number of aliphatic hydroxyl groups is 1. The molecular formula is C12H16INO. The summed E-state index contributed by atoms with van der Waals surface area (Å²) in [4.78, 5) is 0. The van der Waals surface area contributed by atoms with E-state index < -0.39 is 0 Å². The second-order valence-corrected chi connectivity index (χ2v) is 5.91. The molecule has 1 fully saturated rings. The van der Waals surface area contributed by atoms with Crippen molar-refractivity contribution in [3.05, 3.63) is 27.8 Å². The molecule has 1 aromatic carbocycles. The Morgan fingerprint density at radius 1 is 1.40 bits per heavy atom. The van der Waals surface area contributed by atoms with Crippen LogP contribution in [0.1, 0.15) is 20.3 Å². The second-order valence-electron chi connectivity index (χ2n) is 4.75. The first-order valence-electron chi connectivity index (χ1n) is 5.21. The van der Waals surface area contributed by atoms with E-state index in [1.54, 1.807) is 0 Å². The molecule has 3 heteroatoms.